The van der Waals surface area contributed by atoms with Gasteiger partial charge in [-0.3, -0.25) is 9.78 Å². The average Bonchev–Trinajstić information content (AvgIpc) is 2.86. The Balaban J connectivity index is 2.18. The SMILES string of the molecule is COC(CC(=O)O)Cn1nnnc1-c1ccccn1. The Morgan fingerprint density at radius 3 is 3.00 bits per heavy atom. The van der Waals surface area contributed by atoms with Gasteiger partial charge in [0, 0.05) is 13.3 Å². The van der Waals surface area contributed by atoms with E-state index in [1.54, 1.807) is 18.3 Å². The minimum absolute atomic E-state index is 0.113. The normalized spacial score (nSPS) is 12.3. The molecule has 0 aliphatic heterocycles. The molecule has 0 aliphatic rings. The van der Waals surface area contributed by atoms with Crippen molar-refractivity contribution in [2.45, 2.75) is 19.1 Å². The number of rotatable bonds is 6. The Kier molecular flexibility index (Phi) is 4.14. The number of carboxylic acids is 1. The van der Waals surface area contributed by atoms with E-state index < -0.39 is 12.1 Å². The molecule has 2 heterocycles. The molecule has 0 spiro atoms. The number of nitrogens with zero attached hydrogens (tertiary/aromatic N) is 5. The quantitative estimate of drug-likeness (QED) is 0.795. The summed E-state index contributed by atoms with van der Waals surface area (Å²) in [5.74, 6) is -0.452. The highest BCUT2D eigenvalue weighted by molar-refractivity contribution is 5.67. The van der Waals surface area contributed by atoms with E-state index in [0.29, 0.717) is 11.5 Å². The van der Waals surface area contributed by atoms with Gasteiger partial charge in [-0.2, -0.15) is 0 Å². The van der Waals surface area contributed by atoms with Crippen molar-refractivity contribution in [3.05, 3.63) is 24.4 Å². The minimum Gasteiger partial charge on any atom is -0.481 e. The van der Waals surface area contributed by atoms with Gasteiger partial charge in [-0.15, -0.1) is 5.10 Å². The maximum absolute atomic E-state index is 10.7. The summed E-state index contributed by atoms with van der Waals surface area (Å²) in [4.78, 5) is 14.9. The van der Waals surface area contributed by atoms with Gasteiger partial charge in [0.1, 0.15) is 5.69 Å². The van der Waals surface area contributed by atoms with E-state index in [1.165, 1.54) is 11.8 Å². The monoisotopic (exact) mass is 263 g/mol. The number of hydrogen-bond donors (Lipinski definition) is 1. The molecule has 0 amide bonds. The number of aromatic nitrogens is 5. The van der Waals surface area contributed by atoms with Gasteiger partial charge in [0.25, 0.3) is 0 Å². The van der Waals surface area contributed by atoms with Crippen molar-refractivity contribution in [2.75, 3.05) is 7.11 Å². The summed E-state index contributed by atoms with van der Waals surface area (Å²) in [7, 11) is 1.46. The molecule has 8 nitrogen and oxygen atoms in total. The van der Waals surface area contributed by atoms with Crippen LogP contribution in [0.15, 0.2) is 24.4 Å². The van der Waals surface area contributed by atoms with E-state index in [2.05, 4.69) is 20.5 Å². The lowest BCUT2D eigenvalue weighted by molar-refractivity contribution is -0.139. The lowest BCUT2D eigenvalue weighted by Crippen LogP contribution is -2.23. The largest absolute Gasteiger partial charge is 0.481 e. The summed E-state index contributed by atoms with van der Waals surface area (Å²) in [6.07, 6.45) is 1.03. The molecule has 19 heavy (non-hydrogen) atoms. The van der Waals surface area contributed by atoms with Gasteiger partial charge in [-0.05, 0) is 22.6 Å². The van der Waals surface area contributed by atoms with Crippen molar-refractivity contribution in [3.63, 3.8) is 0 Å². The number of pyridine rings is 1. The van der Waals surface area contributed by atoms with Crippen LogP contribution in [0.25, 0.3) is 11.5 Å². The molecule has 0 radical (unpaired) electrons. The molecule has 1 atom stereocenters. The van der Waals surface area contributed by atoms with Gasteiger partial charge < -0.3 is 9.84 Å². The van der Waals surface area contributed by atoms with Crippen molar-refractivity contribution < 1.29 is 14.6 Å². The first kappa shape index (κ1) is 13.1. The van der Waals surface area contributed by atoms with Gasteiger partial charge >= 0.3 is 5.97 Å². The van der Waals surface area contributed by atoms with Crippen molar-refractivity contribution in [1.29, 1.82) is 0 Å². The van der Waals surface area contributed by atoms with Gasteiger partial charge in [-0.25, -0.2) is 4.68 Å². The summed E-state index contributed by atoms with van der Waals surface area (Å²) in [6.45, 7) is 0.252. The van der Waals surface area contributed by atoms with Crippen molar-refractivity contribution in [2.24, 2.45) is 0 Å². The fourth-order valence-corrected chi connectivity index (χ4v) is 1.62. The van der Waals surface area contributed by atoms with E-state index in [-0.39, 0.29) is 13.0 Å². The number of carbonyl (C=O) groups is 1. The lowest BCUT2D eigenvalue weighted by Gasteiger charge is -2.13. The van der Waals surface area contributed by atoms with Gasteiger partial charge in [0.15, 0.2) is 0 Å². The van der Waals surface area contributed by atoms with Gasteiger partial charge in [0.2, 0.25) is 5.82 Å². The third-order valence-electron chi connectivity index (χ3n) is 2.54. The molecule has 0 aromatic carbocycles. The molecular weight excluding hydrogens is 250 g/mol. The predicted octanol–water partition coefficient (Wildman–Crippen LogP) is 0.225. The molecular formula is C11H13N5O3. The van der Waals surface area contributed by atoms with E-state index in [4.69, 9.17) is 9.84 Å². The molecule has 0 bridgehead atoms. The number of aliphatic carboxylic acids is 1. The van der Waals surface area contributed by atoms with Gasteiger partial charge in [0.05, 0.1) is 19.1 Å². The average molecular weight is 263 g/mol. The summed E-state index contributed by atoms with van der Waals surface area (Å²) >= 11 is 0. The minimum atomic E-state index is -0.931. The van der Waals surface area contributed by atoms with E-state index in [0.717, 1.165) is 0 Å². The molecule has 2 aromatic heterocycles. The Morgan fingerprint density at radius 1 is 1.53 bits per heavy atom. The highest BCUT2D eigenvalue weighted by Crippen LogP contribution is 2.13. The highest BCUT2D eigenvalue weighted by atomic mass is 16.5. The molecule has 0 aliphatic carbocycles. The van der Waals surface area contributed by atoms with E-state index >= 15 is 0 Å². The van der Waals surface area contributed by atoms with Crippen LogP contribution < -0.4 is 0 Å². The molecule has 1 unspecified atom stereocenters. The first-order valence-corrected chi connectivity index (χ1v) is 5.63. The Bertz CT molecular complexity index is 542. The number of tetrazole rings is 1. The smallest absolute Gasteiger partial charge is 0.306 e. The van der Waals surface area contributed by atoms with Crippen LogP contribution in [0.3, 0.4) is 0 Å². The molecule has 0 fully saturated rings. The Morgan fingerprint density at radius 2 is 2.37 bits per heavy atom. The van der Waals surface area contributed by atoms with Crippen LogP contribution in [-0.2, 0) is 16.1 Å². The molecule has 0 saturated heterocycles. The lowest BCUT2D eigenvalue weighted by atomic mass is 10.2. The zero-order valence-corrected chi connectivity index (χ0v) is 10.3. The number of ether oxygens (including phenoxy) is 1. The van der Waals surface area contributed by atoms with Crippen LogP contribution >= 0.6 is 0 Å². The molecule has 2 aromatic rings. The van der Waals surface area contributed by atoms with Crippen molar-refractivity contribution in [3.8, 4) is 11.5 Å². The standard InChI is InChI=1S/C11H13N5O3/c1-19-8(6-10(17)18)7-16-11(13-14-15-16)9-4-2-3-5-12-9/h2-5,8H,6-7H2,1H3,(H,17,18). The molecule has 1 N–H and O–H groups in total. The molecule has 8 heteroatoms. The van der Waals surface area contributed by atoms with Crippen molar-refractivity contribution >= 4 is 5.97 Å². The van der Waals surface area contributed by atoms with E-state index in [1.807, 2.05) is 6.07 Å². The molecule has 0 saturated carbocycles. The zero-order chi connectivity index (χ0) is 13.7. The summed E-state index contributed by atoms with van der Waals surface area (Å²) in [5, 5.41) is 20.1. The van der Waals surface area contributed by atoms with Crippen molar-refractivity contribution in [1.82, 2.24) is 25.2 Å². The summed E-state index contributed by atoms with van der Waals surface area (Å²) in [6, 6.07) is 5.40. The van der Waals surface area contributed by atoms with E-state index in [9.17, 15) is 4.79 Å². The third-order valence-corrected chi connectivity index (χ3v) is 2.54. The molecule has 2 rings (SSSR count). The predicted molar refractivity (Wildman–Crippen MR) is 64.1 cm³/mol. The Hall–Kier alpha value is -2.35. The van der Waals surface area contributed by atoms with Crippen LogP contribution in [0.1, 0.15) is 6.42 Å². The number of carboxylic acid groups (broad SMARTS) is 1. The van der Waals surface area contributed by atoms with Gasteiger partial charge in [-0.1, -0.05) is 6.07 Å². The first-order valence-electron chi connectivity index (χ1n) is 5.63. The first-order chi connectivity index (χ1) is 9.20. The Labute approximate surface area is 109 Å². The number of hydrogen-bond acceptors (Lipinski definition) is 6. The zero-order valence-electron chi connectivity index (χ0n) is 10.3. The van der Waals surface area contributed by atoms with Crippen LogP contribution in [0.4, 0.5) is 0 Å². The maximum Gasteiger partial charge on any atom is 0.306 e. The summed E-state index contributed by atoms with van der Waals surface area (Å²) < 4.78 is 6.59. The second-order valence-corrected chi connectivity index (χ2v) is 3.86. The second kappa shape index (κ2) is 6.01. The maximum atomic E-state index is 10.7. The topological polar surface area (TPSA) is 103 Å². The fraction of sp³-hybridized carbons (Fsp3) is 0.364. The summed E-state index contributed by atoms with van der Waals surface area (Å²) in [5.41, 5.74) is 0.623. The fourth-order valence-electron chi connectivity index (χ4n) is 1.62. The van der Waals surface area contributed by atoms with Crippen LogP contribution in [0, 0.1) is 0 Å². The number of methoxy groups -OCH3 is 1. The third kappa shape index (κ3) is 3.32. The van der Waals surface area contributed by atoms with Crippen LogP contribution in [0.2, 0.25) is 0 Å². The molecule has 100 valence electrons. The van der Waals surface area contributed by atoms with Crippen LogP contribution in [0.5, 0.6) is 0 Å². The highest BCUT2D eigenvalue weighted by Gasteiger charge is 2.17. The van der Waals surface area contributed by atoms with Crippen LogP contribution in [-0.4, -0.2) is 49.5 Å². The second-order valence-electron chi connectivity index (χ2n) is 3.86.